The van der Waals surface area contributed by atoms with E-state index in [-0.39, 0.29) is 6.10 Å². The Balaban J connectivity index is 1.96. The molecule has 21 heavy (non-hydrogen) atoms. The molecule has 1 amide bonds. The molecule has 1 atom stereocenters. The molecule has 0 fully saturated rings. The van der Waals surface area contributed by atoms with Crippen molar-refractivity contribution in [1.82, 2.24) is 0 Å². The number of hydrogen-bond acceptors (Lipinski definition) is 3. The molecule has 1 heterocycles. The molecule has 0 aromatic heterocycles. The van der Waals surface area contributed by atoms with Gasteiger partial charge in [-0.15, -0.1) is 0 Å². The Labute approximate surface area is 127 Å². The third-order valence-corrected chi connectivity index (χ3v) is 3.65. The van der Waals surface area contributed by atoms with Crippen molar-refractivity contribution in [1.29, 1.82) is 0 Å². The number of carbonyl (C=O) groups is 1. The number of hydrogen-bond donors (Lipinski definition) is 1. The van der Waals surface area contributed by atoms with Crippen LogP contribution in [0.4, 0.5) is 4.79 Å². The second kappa shape index (κ2) is 5.66. The van der Waals surface area contributed by atoms with Crippen molar-refractivity contribution in [3.8, 4) is 16.9 Å². The Bertz CT molecular complexity index is 687. The van der Waals surface area contributed by atoms with Gasteiger partial charge in [0.15, 0.2) is 0 Å². The number of primary amides is 1. The largest absolute Gasteiger partial charge is 0.493 e. The van der Waals surface area contributed by atoms with E-state index in [1.807, 2.05) is 42.5 Å². The quantitative estimate of drug-likeness (QED) is 0.914. The van der Waals surface area contributed by atoms with Crippen molar-refractivity contribution in [2.75, 3.05) is 6.61 Å². The van der Waals surface area contributed by atoms with Crippen LogP contribution >= 0.6 is 11.6 Å². The maximum atomic E-state index is 10.9. The van der Waals surface area contributed by atoms with E-state index in [1.165, 1.54) is 0 Å². The lowest BCUT2D eigenvalue weighted by atomic mass is 9.98. The summed E-state index contributed by atoms with van der Waals surface area (Å²) in [6.07, 6.45) is -0.515. The molecule has 0 bridgehead atoms. The maximum Gasteiger partial charge on any atom is 0.405 e. The van der Waals surface area contributed by atoms with Gasteiger partial charge in [-0.05, 0) is 29.3 Å². The number of halogens is 1. The lowest BCUT2D eigenvalue weighted by Crippen LogP contribution is -2.22. The second-order valence-electron chi connectivity index (χ2n) is 4.83. The first kappa shape index (κ1) is 13.8. The van der Waals surface area contributed by atoms with Crippen molar-refractivity contribution in [2.45, 2.75) is 12.5 Å². The normalized spacial score (nSPS) is 16.7. The van der Waals surface area contributed by atoms with E-state index in [4.69, 9.17) is 26.8 Å². The van der Waals surface area contributed by atoms with Gasteiger partial charge in [0.2, 0.25) is 0 Å². The van der Waals surface area contributed by atoms with Gasteiger partial charge < -0.3 is 15.2 Å². The third kappa shape index (κ3) is 2.95. The van der Waals surface area contributed by atoms with Crippen LogP contribution < -0.4 is 10.5 Å². The molecule has 0 radical (unpaired) electrons. The van der Waals surface area contributed by atoms with Gasteiger partial charge in [0.1, 0.15) is 11.9 Å². The van der Waals surface area contributed by atoms with Gasteiger partial charge >= 0.3 is 6.09 Å². The highest BCUT2D eigenvalue weighted by molar-refractivity contribution is 6.30. The topological polar surface area (TPSA) is 61.6 Å². The fourth-order valence-corrected chi connectivity index (χ4v) is 2.66. The van der Waals surface area contributed by atoms with E-state index in [0.29, 0.717) is 23.8 Å². The Kier molecular flexibility index (Phi) is 3.71. The van der Waals surface area contributed by atoms with Crippen molar-refractivity contribution < 1.29 is 14.3 Å². The first-order chi connectivity index (χ1) is 10.1. The standard InChI is InChI=1S/C16H14ClNO3/c17-12-3-1-2-10(8-12)11-4-5-13-14(21-16(18)19)6-7-20-15(13)9-11/h1-5,8-9,14H,6-7H2,(H2,18,19). The minimum atomic E-state index is -0.772. The van der Waals surface area contributed by atoms with Gasteiger partial charge in [-0.1, -0.05) is 35.9 Å². The van der Waals surface area contributed by atoms with Crippen molar-refractivity contribution in [3.63, 3.8) is 0 Å². The van der Waals surface area contributed by atoms with Gasteiger partial charge in [0.05, 0.1) is 6.61 Å². The molecule has 2 N–H and O–H groups in total. The van der Waals surface area contributed by atoms with E-state index < -0.39 is 6.09 Å². The minimum Gasteiger partial charge on any atom is -0.493 e. The van der Waals surface area contributed by atoms with E-state index in [1.54, 1.807) is 0 Å². The van der Waals surface area contributed by atoms with Crippen LogP contribution in [0.2, 0.25) is 5.02 Å². The molecular formula is C16H14ClNO3. The zero-order chi connectivity index (χ0) is 14.8. The zero-order valence-electron chi connectivity index (χ0n) is 11.2. The number of amides is 1. The number of nitrogens with two attached hydrogens (primary N) is 1. The summed E-state index contributed by atoms with van der Waals surface area (Å²) in [7, 11) is 0. The van der Waals surface area contributed by atoms with Crippen LogP contribution in [0.25, 0.3) is 11.1 Å². The van der Waals surface area contributed by atoms with Crippen LogP contribution in [-0.2, 0) is 4.74 Å². The van der Waals surface area contributed by atoms with Crippen LogP contribution in [-0.4, -0.2) is 12.7 Å². The van der Waals surface area contributed by atoms with Crippen LogP contribution in [0.1, 0.15) is 18.1 Å². The first-order valence-electron chi connectivity index (χ1n) is 6.62. The molecule has 2 aromatic carbocycles. The number of rotatable bonds is 2. The SMILES string of the molecule is NC(=O)OC1CCOc2cc(-c3cccc(Cl)c3)ccc21. The molecule has 108 valence electrons. The summed E-state index contributed by atoms with van der Waals surface area (Å²) in [5.41, 5.74) is 7.94. The van der Waals surface area contributed by atoms with Crippen molar-refractivity contribution in [2.24, 2.45) is 5.73 Å². The first-order valence-corrected chi connectivity index (χ1v) is 7.00. The Morgan fingerprint density at radius 3 is 2.81 bits per heavy atom. The molecule has 0 aliphatic carbocycles. The highest BCUT2D eigenvalue weighted by Gasteiger charge is 2.24. The average Bonchev–Trinajstić information content (AvgIpc) is 2.46. The molecule has 2 aromatic rings. The summed E-state index contributed by atoms with van der Waals surface area (Å²) >= 11 is 6.02. The summed E-state index contributed by atoms with van der Waals surface area (Å²) in [4.78, 5) is 10.9. The Morgan fingerprint density at radius 2 is 2.05 bits per heavy atom. The lowest BCUT2D eigenvalue weighted by molar-refractivity contribution is 0.0766. The fourth-order valence-electron chi connectivity index (χ4n) is 2.47. The molecule has 0 saturated heterocycles. The van der Waals surface area contributed by atoms with Crippen molar-refractivity contribution >= 4 is 17.7 Å². The van der Waals surface area contributed by atoms with Crippen LogP contribution in [0.15, 0.2) is 42.5 Å². The molecule has 1 unspecified atom stereocenters. The van der Waals surface area contributed by atoms with E-state index in [0.717, 1.165) is 16.7 Å². The fraction of sp³-hybridized carbons (Fsp3) is 0.188. The van der Waals surface area contributed by atoms with E-state index in [2.05, 4.69) is 0 Å². The Hall–Kier alpha value is -2.20. The molecule has 3 rings (SSSR count). The van der Waals surface area contributed by atoms with Crippen LogP contribution in [0.5, 0.6) is 5.75 Å². The van der Waals surface area contributed by atoms with Gasteiger partial charge in [0, 0.05) is 17.0 Å². The summed E-state index contributed by atoms with van der Waals surface area (Å²) in [5, 5.41) is 0.682. The Morgan fingerprint density at radius 1 is 1.24 bits per heavy atom. The highest BCUT2D eigenvalue weighted by atomic mass is 35.5. The predicted molar refractivity (Wildman–Crippen MR) is 80.4 cm³/mol. The second-order valence-corrected chi connectivity index (χ2v) is 5.26. The van der Waals surface area contributed by atoms with E-state index >= 15 is 0 Å². The van der Waals surface area contributed by atoms with Gasteiger partial charge in [-0.25, -0.2) is 4.79 Å². The molecule has 1 aliphatic rings. The minimum absolute atomic E-state index is 0.348. The van der Waals surface area contributed by atoms with Gasteiger partial charge in [-0.3, -0.25) is 0 Å². The number of ether oxygens (including phenoxy) is 2. The van der Waals surface area contributed by atoms with Gasteiger partial charge in [0.25, 0.3) is 0 Å². The zero-order valence-corrected chi connectivity index (χ0v) is 12.0. The maximum absolute atomic E-state index is 10.9. The predicted octanol–water partition coefficient (Wildman–Crippen LogP) is 3.93. The molecule has 4 nitrogen and oxygen atoms in total. The number of benzene rings is 2. The highest BCUT2D eigenvalue weighted by Crippen LogP contribution is 2.37. The lowest BCUT2D eigenvalue weighted by Gasteiger charge is -2.25. The van der Waals surface area contributed by atoms with Crippen molar-refractivity contribution in [3.05, 3.63) is 53.1 Å². The summed E-state index contributed by atoms with van der Waals surface area (Å²) in [5.74, 6) is 0.713. The molecule has 0 spiro atoms. The number of carbonyl (C=O) groups excluding carboxylic acids is 1. The van der Waals surface area contributed by atoms with Crippen LogP contribution in [0.3, 0.4) is 0 Å². The molecule has 5 heteroatoms. The number of fused-ring (bicyclic) bond motifs is 1. The van der Waals surface area contributed by atoms with E-state index in [9.17, 15) is 4.79 Å². The van der Waals surface area contributed by atoms with Gasteiger partial charge in [-0.2, -0.15) is 0 Å². The monoisotopic (exact) mass is 303 g/mol. The molecule has 0 saturated carbocycles. The third-order valence-electron chi connectivity index (χ3n) is 3.41. The molecular weight excluding hydrogens is 290 g/mol. The summed E-state index contributed by atoms with van der Waals surface area (Å²) in [6, 6.07) is 13.4. The van der Waals surface area contributed by atoms with Crippen LogP contribution in [0, 0.1) is 0 Å². The summed E-state index contributed by atoms with van der Waals surface area (Å²) < 4.78 is 10.8. The molecule has 1 aliphatic heterocycles. The summed E-state index contributed by atoms with van der Waals surface area (Å²) in [6.45, 7) is 0.490. The average molecular weight is 304 g/mol. The smallest absolute Gasteiger partial charge is 0.405 e.